The molecule has 0 atom stereocenters. The summed E-state index contributed by atoms with van der Waals surface area (Å²) in [6.07, 6.45) is 0. The van der Waals surface area contributed by atoms with Crippen LogP contribution in [-0.4, -0.2) is 6.88 Å². The van der Waals surface area contributed by atoms with E-state index in [1.54, 1.807) is 0 Å². The van der Waals surface area contributed by atoms with Gasteiger partial charge in [-0.2, -0.15) is 12.1 Å². The van der Waals surface area contributed by atoms with E-state index in [-0.39, 0.29) is 39.7 Å². The molecule has 0 heterocycles. The van der Waals surface area contributed by atoms with Crippen LogP contribution in [0.25, 0.3) is 43.8 Å². The maximum atomic E-state index is 3.06. The summed E-state index contributed by atoms with van der Waals surface area (Å²) < 4.78 is 0. The summed E-state index contributed by atoms with van der Waals surface area (Å²) in [5.41, 5.74) is 10.7. The Balaban J connectivity index is 0.000000655. The predicted octanol–water partition coefficient (Wildman–Crippen LogP) is 11.0. The van der Waals surface area contributed by atoms with Gasteiger partial charge in [-0.3, -0.25) is 0 Å². The van der Waals surface area contributed by atoms with Gasteiger partial charge in [0.25, 0.3) is 0 Å². The van der Waals surface area contributed by atoms with Crippen LogP contribution >= 0.6 is 24.8 Å². The van der Waals surface area contributed by atoms with Crippen LogP contribution in [0.1, 0.15) is 22.3 Å². The van der Waals surface area contributed by atoms with Crippen molar-refractivity contribution in [3.05, 3.63) is 146 Å². The fraction of sp³-hybridized carbons (Fsp3) is 0.111. The van der Waals surface area contributed by atoms with Gasteiger partial charge in [-0.05, 0) is 36.1 Å². The van der Waals surface area contributed by atoms with Crippen molar-refractivity contribution in [1.29, 1.82) is 0 Å². The third kappa shape index (κ3) is 8.40. The maximum absolute atomic E-state index is 3.06. The molecule has 0 aliphatic carbocycles. The van der Waals surface area contributed by atoms with Crippen molar-refractivity contribution in [2.24, 2.45) is 0 Å². The average Bonchev–Trinajstić information content (AvgIpc) is 3.47. The molecule has 4 heteroatoms. The molecule has 0 spiro atoms. The Morgan fingerprint density at radius 3 is 1.15 bits per heavy atom. The standard InChI is InChI=1S/2C17H15.2CH3.2ClH.Si.Zr/c2*1-12-10-14-7-5-9-16(17(14)11-12)15-8-4-3-6-13(15)2;;;;;;/h2*3-11H,1-2H3;2*1H3;2*1H;;/q4*-1;;;;. The molecule has 0 N–H and O–H groups in total. The van der Waals surface area contributed by atoms with Gasteiger partial charge in [0.15, 0.2) is 0 Å². The van der Waals surface area contributed by atoms with Crippen molar-refractivity contribution >= 4 is 53.2 Å². The Morgan fingerprint density at radius 2 is 0.800 bits per heavy atom. The molecule has 2 radical (unpaired) electrons. The molecule has 208 valence electrons. The molecule has 0 aromatic heterocycles. The first-order chi connectivity index (χ1) is 17.5. The quantitative estimate of drug-likeness (QED) is 0.128. The van der Waals surface area contributed by atoms with E-state index in [2.05, 4.69) is 144 Å². The third-order valence-corrected chi connectivity index (χ3v) is 6.66. The van der Waals surface area contributed by atoms with Crippen molar-refractivity contribution in [2.45, 2.75) is 27.7 Å². The second-order valence-electron chi connectivity index (χ2n) is 9.31. The Bertz CT molecular complexity index is 1510. The summed E-state index contributed by atoms with van der Waals surface area (Å²) >= 11 is 1.36. The number of aryl methyl sites for hydroxylation is 4. The Morgan fingerprint density at radius 1 is 0.475 bits per heavy atom. The first-order valence-electron chi connectivity index (χ1n) is 12.2. The number of hydrogen-bond acceptors (Lipinski definition) is 0. The topological polar surface area (TPSA) is 0 Å². The molecule has 0 aliphatic heterocycles. The van der Waals surface area contributed by atoms with E-state index in [9.17, 15) is 0 Å². The van der Waals surface area contributed by atoms with Crippen molar-refractivity contribution < 1.29 is 23.3 Å². The molecule has 0 amide bonds. The Labute approximate surface area is 271 Å². The van der Waals surface area contributed by atoms with E-state index >= 15 is 0 Å². The average molecular weight is 661 g/mol. The Hall–Kier alpha value is -2.22. The van der Waals surface area contributed by atoms with Gasteiger partial charge in [0.1, 0.15) is 0 Å². The minimum atomic E-state index is 0. The van der Waals surface area contributed by atoms with Gasteiger partial charge < -0.3 is 14.9 Å². The molecular weight excluding hydrogens is 623 g/mol. The second-order valence-corrected chi connectivity index (χ2v) is 9.31. The van der Waals surface area contributed by atoms with Gasteiger partial charge in [0.2, 0.25) is 0 Å². The number of fused-ring (bicyclic) bond motifs is 2. The van der Waals surface area contributed by atoms with Crippen LogP contribution in [0.5, 0.6) is 0 Å². The third-order valence-electron chi connectivity index (χ3n) is 6.66. The molecular formula is C36H38Cl2SiZr-4. The molecule has 0 unspecified atom stereocenters. The minimum absolute atomic E-state index is 0. The van der Waals surface area contributed by atoms with Crippen LogP contribution in [0.4, 0.5) is 0 Å². The van der Waals surface area contributed by atoms with E-state index < -0.39 is 0 Å². The SMILES string of the molecule is Cc1cc2c(-c3ccccc3C)cccc2[cH-]1.Cc1cc2c(-c3ccccc3C)cccc2[cH-]1.Cl.Cl.[CH3-].[CH3-].[Si]=[Zr]. The van der Waals surface area contributed by atoms with Crippen LogP contribution in [0, 0.1) is 42.5 Å². The van der Waals surface area contributed by atoms with E-state index in [1.165, 1.54) is 89.4 Å². The van der Waals surface area contributed by atoms with Crippen molar-refractivity contribution in [3.8, 4) is 22.3 Å². The first kappa shape index (κ1) is 37.8. The zero-order chi connectivity index (χ0) is 25.7. The summed E-state index contributed by atoms with van der Waals surface area (Å²) in [5, 5.41) is 5.39. The number of hydrogen-bond donors (Lipinski definition) is 0. The van der Waals surface area contributed by atoms with Gasteiger partial charge in [-0.25, -0.2) is 0 Å². The molecule has 6 aromatic rings. The zero-order valence-corrected chi connectivity index (χ0v) is 29.3. The molecule has 0 nitrogen and oxygen atoms in total. The summed E-state index contributed by atoms with van der Waals surface area (Å²) in [6.45, 7) is 11.7. The van der Waals surface area contributed by atoms with Crippen LogP contribution < -0.4 is 0 Å². The molecule has 0 aliphatic rings. The van der Waals surface area contributed by atoms with E-state index in [0.717, 1.165) is 0 Å². The van der Waals surface area contributed by atoms with Crippen LogP contribution in [-0.2, 0) is 23.3 Å². The summed E-state index contributed by atoms with van der Waals surface area (Å²) in [5.74, 6) is 0. The molecule has 0 bridgehead atoms. The Kier molecular flexibility index (Phi) is 16.6. The molecule has 0 saturated heterocycles. The van der Waals surface area contributed by atoms with Gasteiger partial charge in [-0.1, -0.05) is 85.6 Å². The number of benzene rings is 4. The van der Waals surface area contributed by atoms with E-state index in [0.29, 0.717) is 0 Å². The van der Waals surface area contributed by atoms with Gasteiger partial charge in [0.05, 0.1) is 0 Å². The monoisotopic (exact) mass is 658 g/mol. The fourth-order valence-electron chi connectivity index (χ4n) is 4.99. The first-order valence-corrected chi connectivity index (χ1v) is 16.4. The van der Waals surface area contributed by atoms with Crippen LogP contribution in [0.3, 0.4) is 0 Å². The van der Waals surface area contributed by atoms with Gasteiger partial charge in [-0.15, -0.1) is 93.9 Å². The molecule has 6 rings (SSSR count). The molecule has 40 heavy (non-hydrogen) atoms. The molecule has 0 fully saturated rings. The number of rotatable bonds is 2. The molecule has 6 aromatic carbocycles. The zero-order valence-electron chi connectivity index (χ0n) is 24.2. The van der Waals surface area contributed by atoms with Crippen LogP contribution in [0.15, 0.2) is 109 Å². The summed E-state index contributed by atoms with van der Waals surface area (Å²) in [4.78, 5) is 0. The summed E-state index contributed by atoms with van der Waals surface area (Å²) in [7, 11) is 0. The van der Waals surface area contributed by atoms with E-state index in [1.807, 2.05) is 0 Å². The predicted molar refractivity (Wildman–Crippen MR) is 182 cm³/mol. The van der Waals surface area contributed by atoms with Crippen molar-refractivity contribution in [3.63, 3.8) is 0 Å². The summed E-state index contributed by atoms with van der Waals surface area (Å²) in [6, 6.07) is 39.3. The van der Waals surface area contributed by atoms with Gasteiger partial charge in [0, 0.05) is 0 Å². The number of halogens is 2. The van der Waals surface area contributed by atoms with Crippen molar-refractivity contribution in [2.75, 3.05) is 0 Å². The fourth-order valence-corrected chi connectivity index (χ4v) is 4.99. The van der Waals surface area contributed by atoms with Crippen molar-refractivity contribution in [1.82, 2.24) is 0 Å². The van der Waals surface area contributed by atoms with E-state index in [4.69, 9.17) is 0 Å². The second kappa shape index (κ2) is 17.6. The van der Waals surface area contributed by atoms with Crippen LogP contribution in [0.2, 0.25) is 0 Å². The molecule has 0 saturated carbocycles. The normalized spacial score (nSPS) is 9.38. The van der Waals surface area contributed by atoms with Gasteiger partial charge >= 0.3 is 30.2 Å².